The lowest BCUT2D eigenvalue weighted by molar-refractivity contribution is -0.123. The lowest BCUT2D eigenvalue weighted by atomic mass is 10.1. The second-order valence-corrected chi connectivity index (χ2v) is 7.62. The van der Waals surface area contributed by atoms with Crippen LogP contribution >= 0.6 is 11.8 Å². The first-order chi connectivity index (χ1) is 14.1. The second-order valence-electron chi connectivity index (χ2n) is 6.64. The molecule has 1 aliphatic rings. The fourth-order valence-corrected chi connectivity index (χ4v) is 3.53. The molecule has 152 valence electrons. The zero-order valence-corrected chi connectivity index (χ0v) is 17.0. The molecule has 0 unspecified atom stereocenters. The average Bonchev–Trinajstić information content (AvgIpc) is 2.74. The maximum atomic E-state index is 12.9. The van der Waals surface area contributed by atoms with E-state index in [0.29, 0.717) is 24.3 Å². The van der Waals surface area contributed by atoms with Crippen LogP contribution in [0, 0.1) is 0 Å². The van der Waals surface area contributed by atoms with E-state index in [4.69, 9.17) is 0 Å². The molecule has 1 atom stereocenters. The normalized spacial score (nSPS) is 13.8. The van der Waals surface area contributed by atoms with Crippen LogP contribution in [0.2, 0.25) is 0 Å². The quantitative estimate of drug-likeness (QED) is 0.652. The zero-order valence-electron chi connectivity index (χ0n) is 16.2. The molecule has 3 rings (SSSR count). The third-order valence-corrected chi connectivity index (χ3v) is 5.19. The summed E-state index contributed by atoms with van der Waals surface area (Å²) in [4.78, 5) is 39.0. The summed E-state index contributed by atoms with van der Waals surface area (Å²) in [5.74, 6) is 0.208. The Morgan fingerprint density at radius 1 is 1.14 bits per heavy atom. The minimum absolute atomic E-state index is 0.0935. The van der Waals surface area contributed by atoms with Gasteiger partial charge in [-0.1, -0.05) is 42.5 Å². The topological polar surface area (TPSA) is 90.5 Å². The number of urea groups is 1. The van der Waals surface area contributed by atoms with Crippen LogP contribution in [0.1, 0.15) is 12.0 Å². The van der Waals surface area contributed by atoms with Crippen molar-refractivity contribution >= 4 is 41.0 Å². The van der Waals surface area contributed by atoms with E-state index in [1.165, 1.54) is 4.90 Å². The highest BCUT2D eigenvalue weighted by Crippen LogP contribution is 2.28. The predicted molar refractivity (Wildman–Crippen MR) is 116 cm³/mol. The van der Waals surface area contributed by atoms with E-state index < -0.39 is 12.1 Å². The van der Waals surface area contributed by atoms with Crippen molar-refractivity contribution in [3.8, 4) is 0 Å². The van der Waals surface area contributed by atoms with Crippen molar-refractivity contribution in [1.29, 1.82) is 0 Å². The number of carbonyl (C=O) groups excluding carboxylic acids is 3. The summed E-state index contributed by atoms with van der Waals surface area (Å²) in [6, 6.07) is 15.5. The van der Waals surface area contributed by atoms with Gasteiger partial charge in [0.15, 0.2) is 0 Å². The second kappa shape index (κ2) is 9.97. The van der Waals surface area contributed by atoms with Crippen molar-refractivity contribution in [2.75, 3.05) is 28.8 Å². The van der Waals surface area contributed by atoms with Crippen molar-refractivity contribution in [2.45, 2.75) is 19.0 Å². The third-order valence-electron chi connectivity index (χ3n) is 4.55. The van der Waals surface area contributed by atoms with Crippen LogP contribution in [0.4, 0.5) is 16.2 Å². The molecule has 0 spiro atoms. The maximum Gasteiger partial charge on any atom is 0.323 e. The van der Waals surface area contributed by atoms with Gasteiger partial charge >= 0.3 is 6.03 Å². The highest BCUT2D eigenvalue weighted by Gasteiger charge is 2.29. The number of anilines is 2. The van der Waals surface area contributed by atoms with E-state index in [9.17, 15) is 14.4 Å². The van der Waals surface area contributed by atoms with Crippen molar-refractivity contribution in [3.63, 3.8) is 0 Å². The maximum absolute atomic E-state index is 12.9. The molecular formula is C21H24N4O3S. The van der Waals surface area contributed by atoms with Gasteiger partial charge in [-0.3, -0.25) is 14.5 Å². The number of hydrogen-bond acceptors (Lipinski definition) is 4. The van der Waals surface area contributed by atoms with Gasteiger partial charge in [0.25, 0.3) is 0 Å². The molecule has 3 N–H and O–H groups in total. The Morgan fingerprint density at radius 2 is 1.86 bits per heavy atom. The van der Waals surface area contributed by atoms with E-state index in [-0.39, 0.29) is 18.4 Å². The van der Waals surface area contributed by atoms with Gasteiger partial charge < -0.3 is 16.0 Å². The van der Waals surface area contributed by atoms with Crippen LogP contribution in [-0.2, 0) is 16.1 Å². The van der Waals surface area contributed by atoms with Crippen LogP contribution in [0.25, 0.3) is 0 Å². The number of benzene rings is 2. The fraction of sp³-hybridized carbons (Fsp3) is 0.286. The van der Waals surface area contributed by atoms with Crippen LogP contribution in [0.15, 0.2) is 54.6 Å². The fourth-order valence-electron chi connectivity index (χ4n) is 3.05. The molecule has 0 saturated heterocycles. The first-order valence-corrected chi connectivity index (χ1v) is 10.8. The van der Waals surface area contributed by atoms with Crippen molar-refractivity contribution in [2.24, 2.45) is 0 Å². The first-order valence-electron chi connectivity index (χ1n) is 9.36. The number of fused-ring (bicyclic) bond motifs is 1. The lowest BCUT2D eigenvalue weighted by Gasteiger charge is -2.30. The Labute approximate surface area is 174 Å². The van der Waals surface area contributed by atoms with Crippen molar-refractivity contribution in [1.82, 2.24) is 10.6 Å². The lowest BCUT2D eigenvalue weighted by Crippen LogP contribution is -2.54. The van der Waals surface area contributed by atoms with Gasteiger partial charge in [-0.25, -0.2) is 4.79 Å². The molecule has 2 aromatic carbocycles. The summed E-state index contributed by atoms with van der Waals surface area (Å²) in [5, 5.41) is 8.43. The van der Waals surface area contributed by atoms with Crippen LogP contribution in [0.5, 0.6) is 0 Å². The Hall–Kier alpha value is -3.00. The molecule has 0 radical (unpaired) electrons. The van der Waals surface area contributed by atoms with Gasteiger partial charge in [0.05, 0.1) is 11.4 Å². The highest BCUT2D eigenvalue weighted by atomic mass is 32.2. The van der Waals surface area contributed by atoms with E-state index in [1.54, 1.807) is 36.0 Å². The number of amides is 4. The minimum Gasteiger partial charge on any atom is -0.350 e. The molecule has 0 aromatic heterocycles. The van der Waals surface area contributed by atoms with Gasteiger partial charge in [0, 0.05) is 6.54 Å². The molecule has 29 heavy (non-hydrogen) atoms. The number of carbonyl (C=O) groups is 3. The molecule has 2 aromatic rings. The number of nitrogens with one attached hydrogen (secondary N) is 3. The molecular weight excluding hydrogens is 388 g/mol. The molecule has 0 aliphatic carbocycles. The predicted octanol–water partition coefficient (Wildman–Crippen LogP) is 2.59. The summed E-state index contributed by atoms with van der Waals surface area (Å²) in [6.45, 7) is 0.296. The molecule has 0 fully saturated rings. The van der Waals surface area contributed by atoms with Crippen molar-refractivity contribution < 1.29 is 14.4 Å². The smallest absolute Gasteiger partial charge is 0.323 e. The Balaban J connectivity index is 1.68. The molecule has 7 nitrogen and oxygen atoms in total. The molecule has 0 saturated carbocycles. The van der Waals surface area contributed by atoms with Gasteiger partial charge in [-0.05, 0) is 36.1 Å². The Morgan fingerprint density at radius 3 is 2.62 bits per heavy atom. The third kappa shape index (κ3) is 5.51. The first kappa shape index (κ1) is 20.7. The average molecular weight is 413 g/mol. The van der Waals surface area contributed by atoms with E-state index >= 15 is 0 Å². The minimum atomic E-state index is -0.684. The summed E-state index contributed by atoms with van der Waals surface area (Å²) in [6.07, 6.45) is 2.45. The summed E-state index contributed by atoms with van der Waals surface area (Å²) in [5.41, 5.74) is 2.17. The molecule has 1 heterocycles. The number of rotatable bonds is 7. The Bertz CT molecular complexity index is 875. The zero-order chi connectivity index (χ0) is 20.6. The van der Waals surface area contributed by atoms with E-state index in [0.717, 1.165) is 11.3 Å². The standard InChI is InChI=1S/C21H24N4O3S/c1-29-12-11-17(20(27)22-13-15-7-3-2-4-8-15)24-21(28)25-14-19(26)23-16-9-5-6-10-18(16)25/h2-10,17H,11-14H2,1H3,(H,22,27)(H,23,26)(H,24,28)/t17-/m1/s1. The Kier molecular flexibility index (Phi) is 7.13. The summed E-state index contributed by atoms with van der Waals surface area (Å²) >= 11 is 1.60. The number of hydrogen-bond donors (Lipinski definition) is 3. The van der Waals surface area contributed by atoms with Crippen LogP contribution in [-0.4, -0.2) is 42.4 Å². The van der Waals surface area contributed by atoms with Gasteiger partial charge in [0.2, 0.25) is 11.8 Å². The van der Waals surface area contributed by atoms with Gasteiger partial charge in [-0.2, -0.15) is 11.8 Å². The van der Waals surface area contributed by atoms with Crippen LogP contribution in [0.3, 0.4) is 0 Å². The van der Waals surface area contributed by atoms with E-state index in [2.05, 4.69) is 16.0 Å². The molecule has 1 aliphatic heterocycles. The van der Waals surface area contributed by atoms with Gasteiger partial charge in [0.1, 0.15) is 12.6 Å². The summed E-state index contributed by atoms with van der Waals surface area (Å²) < 4.78 is 0. The monoisotopic (exact) mass is 412 g/mol. The van der Waals surface area contributed by atoms with Gasteiger partial charge in [-0.15, -0.1) is 0 Å². The molecule has 0 bridgehead atoms. The van der Waals surface area contributed by atoms with Crippen molar-refractivity contribution in [3.05, 3.63) is 60.2 Å². The highest BCUT2D eigenvalue weighted by molar-refractivity contribution is 7.98. The number of nitrogens with zero attached hydrogens (tertiary/aromatic N) is 1. The number of thioether (sulfide) groups is 1. The number of para-hydroxylation sites is 2. The SMILES string of the molecule is CSCC[C@@H](NC(=O)N1CC(=O)Nc2ccccc21)C(=O)NCc1ccccc1. The molecule has 4 amide bonds. The van der Waals surface area contributed by atoms with Crippen LogP contribution < -0.4 is 20.9 Å². The summed E-state index contributed by atoms with van der Waals surface area (Å²) in [7, 11) is 0. The largest absolute Gasteiger partial charge is 0.350 e. The molecule has 8 heteroatoms. The van der Waals surface area contributed by atoms with E-state index in [1.807, 2.05) is 36.6 Å².